The van der Waals surface area contributed by atoms with E-state index in [9.17, 15) is 9.18 Å². The Hall–Kier alpha value is -2.15. The Balaban J connectivity index is 0.00000243. The molecule has 0 spiro atoms. The van der Waals surface area contributed by atoms with Gasteiger partial charge in [-0.15, -0.1) is 12.4 Å². The normalized spacial score (nSPS) is 16.5. The van der Waals surface area contributed by atoms with Crippen molar-refractivity contribution >= 4 is 24.0 Å². The van der Waals surface area contributed by atoms with Gasteiger partial charge in [0.25, 0.3) is 5.91 Å². The second-order valence-electron chi connectivity index (χ2n) is 5.95. The highest BCUT2D eigenvalue weighted by Crippen LogP contribution is 2.22. The van der Waals surface area contributed by atoms with Crippen LogP contribution in [0.15, 0.2) is 42.5 Å². The molecule has 5 nitrogen and oxygen atoms in total. The van der Waals surface area contributed by atoms with Crippen molar-refractivity contribution in [2.45, 2.75) is 19.6 Å². The fraction of sp³-hybridized carbons (Fsp3) is 0.316. The van der Waals surface area contributed by atoms with Gasteiger partial charge in [-0.05, 0) is 48.4 Å². The van der Waals surface area contributed by atoms with Gasteiger partial charge >= 0.3 is 0 Å². The molecule has 2 aromatic rings. The summed E-state index contributed by atoms with van der Waals surface area (Å²) in [6.07, 6.45) is -0.475. The van der Waals surface area contributed by atoms with Gasteiger partial charge in [0.2, 0.25) is 0 Å². The Labute approximate surface area is 158 Å². The summed E-state index contributed by atoms with van der Waals surface area (Å²) in [6.45, 7) is 3.99. The van der Waals surface area contributed by atoms with Gasteiger partial charge in [0.15, 0.2) is 0 Å². The predicted molar refractivity (Wildman–Crippen MR) is 100 cm³/mol. The predicted octanol–water partition coefficient (Wildman–Crippen LogP) is 3.06. The second-order valence-corrected chi connectivity index (χ2v) is 5.95. The average Bonchev–Trinajstić information content (AvgIpc) is 2.63. The fourth-order valence-electron chi connectivity index (χ4n) is 2.61. The monoisotopic (exact) mass is 380 g/mol. The molecule has 7 heteroatoms. The highest BCUT2D eigenvalue weighted by Gasteiger charge is 2.22. The highest BCUT2D eigenvalue weighted by molar-refractivity contribution is 5.95. The Bertz CT molecular complexity index is 751. The number of carbonyl (C=O) groups is 1. The lowest BCUT2D eigenvalue weighted by Crippen LogP contribution is -2.45. The zero-order valence-electron chi connectivity index (χ0n) is 14.5. The van der Waals surface area contributed by atoms with E-state index in [1.54, 1.807) is 18.2 Å². The van der Waals surface area contributed by atoms with Crippen LogP contribution in [0.4, 0.5) is 10.1 Å². The Morgan fingerprint density at radius 1 is 1.35 bits per heavy atom. The van der Waals surface area contributed by atoms with E-state index in [-0.39, 0.29) is 30.7 Å². The van der Waals surface area contributed by atoms with Crippen LogP contribution in [0.1, 0.15) is 11.1 Å². The molecule has 0 radical (unpaired) electrons. The van der Waals surface area contributed by atoms with Gasteiger partial charge in [-0.1, -0.05) is 12.1 Å². The molecule has 1 unspecified atom stereocenters. The summed E-state index contributed by atoms with van der Waals surface area (Å²) in [5.41, 5.74) is 2.36. The van der Waals surface area contributed by atoms with Crippen LogP contribution < -0.4 is 15.4 Å². The first-order valence-electron chi connectivity index (χ1n) is 8.23. The molecular weight excluding hydrogens is 359 g/mol. The number of aryl methyl sites for hydroxylation is 1. The smallest absolute Gasteiger partial charge is 0.254 e. The lowest BCUT2D eigenvalue weighted by molar-refractivity contribution is -0.128. The number of anilines is 1. The maximum absolute atomic E-state index is 13.2. The summed E-state index contributed by atoms with van der Waals surface area (Å²) in [5, 5.41) is 6.01. The lowest BCUT2D eigenvalue weighted by atomic mass is 10.1. The minimum Gasteiger partial charge on any atom is -0.489 e. The lowest BCUT2D eigenvalue weighted by Gasteiger charge is -2.23. The van der Waals surface area contributed by atoms with E-state index in [0.717, 1.165) is 23.4 Å². The van der Waals surface area contributed by atoms with Crippen LogP contribution >= 0.6 is 12.4 Å². The number of hydrogen-bond donors (Lipinski definition) is 2. The van der Waals surface area contributed by atoms with E-state index in [1.165, 1.54) is 12.1 Å². The number of rotatable bonds is 5. The third kappa shape index (κ3) is 5.42. The summed E-state index contributed by atoms with van der Waals surface area (Å²) >= 11 is 0. The van der Waals surface area contributed by atoms with Crippen molar-refractivity contribution in [3.05, 3.63) is 59.4 Å². The number of ether oxygens (including phenoxy) is 2. The minimum absolute atomic E-state index is 0. The molecule has 0 aliphatic carbocycles. The molecule has 1 heterocycles. The quantitative estimate of drug-likeness (QED) is 0.837. The third-order valence-corrected chi connectivity index (χ3v) is 3.97. The van der Waals surface area contributed by atoms with Crippen LogP contribution in [0.2, 0.25) is 0 Å². The zero-order chi connectivity index (χ0) is 17.6. The van der Waals surface area contributed by atoms with Crippen molar-refractivity contribution in [3.8, 4) is 5.75 Å². The first kappa shape index (κ1) is 20.2. The molecule has 1 aliphatic rings. The molecule has 1 saturated heterocycles. The molecule has 140 valence electrons. The first-order chi connectivity index (χ1) is 12.1. The van der Waals surface area contributed by atoms with Crippen LogP contribution in [-0.4, -0.2) is 31.7 Å². The van der Waals surface area contributed by atoms with Crippen LogP contribution in [0.3, 0.4) is 0 Å². The van der Waals surface area contributed by atoms with Gasteiger partial charge in [0.05, 0.1) is 6.61 Å². The number of amides is 1. The summed E-state index contributed by atoms with van der Waals surface area (Å²) in [5.74, 6) is 0.217. The maximum Gasteiger partial charge on any atom is 0.254 e. The number of benzene rings is 2. The molecule has 2 N–H and O–H groups in total. The maximum atomic E-state index is 13.2. The van der Waals surface area contributed by atoms with Crippen molar-refractivity contribution in [2.24, 2.45) is 0 Å². The van der Waals surface area contributed by atoms with Gasteiger partial charge in [0.1, 0.15) is 24.3 Å². The van der Waals surface area contributed by atoms with E-state index in [4.69, 9.17) is 9.47 Å². The van der Waals surface area contributed by atoms with Gasteiger partial charge in [-0.2, -0.15) is 0 Å². The van der Waals surface area contributed by atoms with Gasteiger partial charge in [-0.3, -0.25) is 4.79 Å². The number of hydrogen-bond acceptors (Lipinski definition) is 4. The minimum atomic E-state index is -0.475. The van der Waals surface area contributed by atoms with Crippen molar-refractivity contribution < 1.29 is 18.7 Å². The first-order valence-corrected chi connectivity index (χ1v) is 8.23. The molecular formula is C19H22ClFN2O3. The molecule has 2 aromatic carbocycles. The van der Waals surface area contributed by atoms with E-state index < -0.39 is 6.10 Å². The average molecular weight is 381 g/mol. The van der Waals surface area contributed by atoms with Crippen molar-refractivity contribution in [1.82, 2.24) is 5.32 Å². The summed E-state index contributed by atoms with van der Waals surface area (Å²) in [4.78, 5) is 12.2. The standard InChI is InChI=1S/C19H21FN2O3.ClH/c1-13-9-16(25-12-14-3-2-4-15(20)10-14)5-6-17(13)22-19(23)18-11-21-7-8-24-18;/h2-6,9-10,18,21H,7-8,11-12H2,1H3,(H,22,23);1H. The van der Waals surface area contributed by atoms with E-state index in [0.29, 0.717) is 18.9 Å². The largest absolute Gasteiger partial charge is 0.489 e. The number of carbonyl (C=O) groups excluding carboxylic acids is 1. The summed E-state index contributed by atoms with van der Waals surface area (Å²) < 4.78 is 24.3. The number of halogens is 2. The SMILES string of the molecule is Cc1cc(OCc2cccc(F)c2)ccc1NC(=O)C1CNCCO1.Cl. The van der Waals surface area contributed by atoms with E-state index in [2.05, 4.69) is 10.6 Å². The molecule has 0 saturated carbocycles. The summed E-state index contributed by atoms with van der Waals surface area (Å²) in [7, 11) is 0. The zero-order valence-corrected chi connectivity index (χ0v) is 15.3. The Morgan fingerprint density at radius 3 is 2.88 bits per heavy atom. The molecule has 3 rings (SSSR count). The van der Waals surface area contributed by atoms with Crippen molar-refractivity contribution in [2.75, 3.05) is 25.0 Å². The van der Waals surface area contributed by atoms with Gasteiger partial charge in [-0.25, -0.2) is 4.39 Å². The molecule has 1 aliphatic heterocycles. The Kier molecular flexibility index (Phi) is 7.38. The van der Waals surface area contributed by atoms with Crippen LogP contribution in [0.5, 0.6) is 5.75 Å². The third-order valence-electron chi connectivity index (χ3n) is 3.97. The number of morpholine rings is 1. The van der Waals surface area contributed by atoms with Crippen LogP contribution in [0.25, 0.3) is 0 Å². The molecule has 0 aromatic heterocycles. The van der Waals surface area contributed by atoms with Crippen LogP contribution in [0, 0.1) is 12.7 Å². The Morgan fingerprint density at radius 2 is 2.19 bits per heavy atom. The van der Waals surface area contributed by atoms with Gasteiger partial charge < -0.3 is 20.1 Å². The van der Waals surface area contributed by atoms with Crippen molar-refractivity contribution in [1.29, 1.82) is 0 Å². The fourth-order valence-corrected chi connectivity index (χ4v) is 2.61. The second kappa shape index (κ2) is 9.52. The summed E-state index contributed by atoms with van der Waals surface area (Å²) in [6, 6.07) is 11.7. The van der Waals surface area contributed by atoms with Crippen LogP contribution in [-0.2, 0) is 16.1 Å². The molecule has 1 atom stereocenters. The van der Waals surface area contributed by atoms with Crippen molar-refractivity contribution in [3.63, 3.8) is 0 Å². The highest BCUT2D eigenvalue weighted by atomic mass is 35.5. The van der Waals surface area contributed by atoms with E-state index in [1.807, 2.05) is 19.1 Å². The molecule has 0 bridgehead atoms. The van der Waals surface area contributed by atoms with E-state index >= 15 is 0 Å². The number of nitrogens with one attached hydrogen (secondary N) is 2. The molecule has 26 heavy (non-hydrogen) atoms. The van der Waals surface area contributed by atoms with Gasteiger partial charge in [0, 0.05) is 18.8 Å². The molecule has 1 amide bonds. The topological polar surface area (TPSA) is 59.6 Å². The molecule has 1 fully saturated rings.